The van der Waals surface area contributed by atoms with Crippen molar-refractivity contribution in [1.29, 1.82) is 0 Å². The first kappa shape index (κ1) is 16.9. The lowest BCUT2D eigenvalue weighted by atomic mass is 9.99. The molecule has 0 amide bonds. The first-order valence-electron chi connectivity index (χ1n) is 8.91. The summed E-state index contributed by atoms with van der Waals surface area (Å²) in [6.45, 7) is 9.41. The number of rotatable bonds is 6. The average Bonchev–Trinajstić information content (AvgIpc) is 3.03. The van der Waals surface area contributed by atoms with Gasteiger partial charge in [-0.05, 0) is 37.9 Å². The molecule has 2 aliphatic heterocycles. The van der Waals surface area contributed by atoms with E-state index in [4.69, 9.17) is 4.74 Å². The molecule has 1 N–H and O–H groups in total. The molecule has 3 rings (SSSR count). The molecule has 6 nitrogen and oxygen atoms in total. The van der Waals surface area contributed by atoms with Crippen LogP contribution in [0.25, 0.3) is 0 Å². The molecule has 2 fully saturated rings. The van der Waals surface area contributed by atoms with Crippen LogP contribution in [0, 0.1) is 5.92 Å². The van der Waals surface area contributed by atoms with Crippen molar-refractivity contribution in [3.05, 3.63) is 18.5 Å². The highest BCUT2D eigenvalue weighted by molar-refractivity contribution is 4.81. The molecule has 0 spiro atoms. The molecular weight excluding hydrogens is 292 g/mol. The Morgan fingerprint density at radius 1 is 1.22 bits per heavy atom. The molecule has 0 saturated carbocycles. The second-order valence-electron chi connectivity index (χ2n) is 7.12. The fourth-order valence-electron chi connectivity index (χ4n) is 3.57. The predicted octanol–water partition coefficient (Wildman–Crippen LogP) is 0.677. The van der Waals surface area contributed by atoms with Crippen LogP contribution in [0.2, 0.25) is 0 Å². The van der Waals surface area contributed by atoms with Crippen LogP contribution >= 0.6 is 0 Å². The Kier molecular flexibility index (Phi) is 6.05. The molecule has 1 aromatic heterocycles. The summed E-state index contributed by atoms with van der Waals surface area (Å²) in [5, 5.41) is 14.7. The quantitative estimate of drug-likeness (QED) is 0.835. The van der Waals surface area contributed by atoms with Gasteiger partial charge in [0.15, 0.2) is 0 Å². The number of morpholine rings is 1. The zero-order valence-corrected chi connectivity index (χ0v) is 14.2. The lowest BCUT2D eigenvalue weighted by Crippen LogP contribution is -2.49. The third-order valence-corrected chi connectivity index (χ3v) is 4.99. The first-order valence-corrected chi connectivity index (χ1v) is 8.91. The first-order chi connectivity index (χ1) is 11.2. The maximum atomic E-state index is 10.4. The summed E-state index contributed by atoms with van der Waals surface area (Å²) in [5.41, 5.74) is 0. The van der Waals surface area contributed by atoms with Crippen molar-refractivity contribution >= 4 is 0 Å². The van der Waals surface area contributed by atoms with Crippen LogP contribution < -0.4 is 0 Å². The number of hydrogen-bond donors (Lipinski definition) is 1. The molecule has 1 aromatic rings. The van der Waals surface area contributed by atoms with E-state index in [1.807, 2.05) is 16.9 Å². The Bertz CT molecular complexity index is 445. The minimum atomic E-state index is -0.271. The second-order valence-corrected chi connectivity index (χ2v) is 7.12. The predicted molar refractivity (Wildman–Crippen MR) is 89.3 cm³/mol. The van der Waals surface area contributed by atoms with Gasteiger partial charge in [0.2, 0.25) is 0 Å². The number of nitrogens with zero attached hydrogens (tertiary/aromatic N) is 4. The Hall–Kier alpha value is -0.950. The zero-order valence-electron chi connectivity index (χ0n) is 14.2. The van der Waals surface area contributed by atoms with E-state index in [1.54, 1.807) is 6.20 Å². The maximum absolute atomic E-state index is 10.4. The lowest BCUT2D eigenvalue weighted by molar-refractivity contribution is -0.0513. The normalized spacial score (nSPS) is 26.4. The van der Waals surface area contributed by atoms with Crippen LogP contribution in [0.15, 0.2) is 18.5 Å². The SMILES string of the molecule is CC1CCN(CC(O)CN2CCOC(Cn3cccn3)C2)CC1. The van der Waals surface area contributed by atoms with Gasteiger partial charge in [-0.3, -0.25) is 9.58 Å². The molecule has 130 valence electrons. The van der Waals surface area contributed by atoms with Crippen molar-refractivity contribution in [2.75, 3.05) is 45.9 Å². The number of piperidine rings is 1. The molecule has 2 aliphatic rings. The summed E-state index contributed by atoms with van der Waals surface area (Å²) >= 11 is 0. The van der Waals surface area contributed by atoms with E-state index in [-0.39, 0.29) is 12.2 Å². The summed E-state index contributed by atoms with van der Waals surface area (Å²) in [5.74, 6) is 0.839. The fraction of sp³-hybridized carbons (Fsp3) is 0.824. The van der Waals surface area contributed by atoms with Crippen LogP contribution in [-0.2, 0) is 11.3 Å². The highest BCUT2D eigenvalue weighted by Gasteiger charge is 2.24. The number of β-amino-alcohol motifs (C(OH)–C–C–N with tert-alkyl or cyclic N) is 1. The fourth-order valence-corrected chi connectivity index (χ4v) is 3.57. The van der Waals surface area contributed by atoms with Gasteiger partial charge in [-0.1, -0.05) is 6.92 Å². The molecule has 2 atom stereocenters. The van der Waals surface area contributed by atoms with Gasteiger partial charge < -0.3 is 14.7 Å². The summed E-state index contributed by atoms with van der Waals surface area (Å²) < 4.78 is 7.75. The Morgan fingerprint density at radius 3 is 2.74 bits per heavy atom. The Balaban J connectivity index is 1.40. The van der Waals surface area contributed by atoms with Crippen LogP contribution in [0.3, 0.4) is 0 Å². The standard InChI is InChI=1S/C17H30N4O2/c1-15-3-7-19(8-4-15)11-16(22)12-20-9-10-23-17(13-20)14-21-6-2-5-18-21/h2,5-6,15-17,22H,3-4,7-14H2,1H3. The molecule has 0 radical (unpaired) electrons. The van der Waals surface area contributed by atoms with Gasteiger partial charge in [0.1, 0.15) is 0 Å². The monoisotopic (exact) mass is 322 g/mol. The second kappa shape index (κ2) is 8.24. The number of aromatic nitrogens is 2. The van der Waals surface area contributed by atoms with E-state index < -0.39 is 0 Å². The van der Waals surface area contributed by atoms with Crippen molar-refractivity contribution in [2.24, 2.45) is 5.92 Å². The summed E-state index contributed by atoms with van der Waals surface area (Å²) in [6, 6.07) is 1.93. The van der Waals surface area contributed by atoms with Gasteiger partial charge in [-0.2, -0.15) is 5.10 Å². The average molecular weight is 322 g/mol. The third kappa shape index (κ3) is 5.28. The van der Waals surface area contributed by atoms with Crippen molar-refractivity contribution in [3.63, 3.8) is 0 Å². The van der Waals surface area contributed by atoms with Crippen LogP contribution in [-0.4, -0.2) is 82.8 Å². The highest BCUT2D eigenvalue weighted by atomic mass is 16.5. The van der Waals surface area contributed by atoms with E-state index in [0.717, 1.165) is 58.3 Å². The molecule has 3 heterocycles. The topological polar surface area (TPSA) is 53.8 Å². The number of likely N-dealkylation sites (tertiary alicyclic amines) is 1. The molecule has 0 aliphatic carbocycles. The Labute approximate surface area is 139 Å². The van der Waals surface area contributed by atoms with Gasteiger partial charge in [0.05, 0.1) is 25.4 Å². The van der Waals surface area contributed by atoms with Gasteiger partial charge >= 0.3 is 0 Å². The zero-order chi connectivity index (χ0) is 16.1. The largest absolute Gasteiger partial charge is 0.390 e. The van der Waals surface area contributed by atoms with E-state index in [0.29, 0.717) is 0 Å². The van der Waals surface area contributed by atoms with E-state index in [9.17, 15) is 5.11 Å². The highest BCUT2D eigenvalue weighted by Crippen LogP contribution is 2.16. The number of aliphatic hydroxyl groups is 1. The molecular formula is C17H30N4O2. The number of hydrogen-bond acceptors (Lipinski definition) is 5. The van der Waals surface area contributed by atoms with E-state index in [2.05, 4.69) is 21.8 Å². The Morgan fingerprint density at radius 2 is 2.00 bits per heavy atom. The van der Waals surface area contributed by atoms with E-state index in [1.165, 1.54) is 12.8 Å². The molecule has 2 saturated heterocycles. The van der Waals surface area contributed by atoms with Crippen LogP contribution in [0.4, 0.5) is 0 Å². The van der Waals surface area contributed by atoms with Crippen molar-refractivity contribution in [3.8, 4) is 0 Å². The molecule has 0 aromatic carbocycles. The minimum absolute atomic E-state index is 0.159. The number of aliphatic hydroxyl groups excluding tert-OH is 1. The van der Waals surface area contributed by atoms with Gasteiger partial charge in [-0.15, -0.1) is 0 Å². The van der Waals surface area contributed by atoms with Gasteiger partial charge in [0.25, 0.3) is 0 Å². The van der Waals surface area contributed by atoms with Crippen LogP contribution in [0.1, 0.15) is 19.8 Å². The van der Waals surface area contributed by atoms with Crippen molar-refractivity contribution in [2.45, 2.75) is 38.5 Å². The van der Waals surface area contributed by atoms with Gasteiger partial charge in [-0.25, -0.2) is 0 Å². The molecule has 6 heteroatoms. The molecule has 23 heavy (non-hydrogen) atoms. The van der Waals surface area contributed by atoms with Crippen LogP contribution in [0.5, 0.6) is 0 Å². The molecule has 0 bridgehead atoms. The lowest BCUT2D eigenvalue weighted by Gasteiger charge is -2.36. The van der Waals surface area contributed by atoms with Crippen molar-refractivity contribution < 1.29 is 9.84 Å². The number of ether oxygens (including phenoxy) is 1. The molecule has 2 unspecified atom stereocenters. The minimum Gasteiger partial charge on any atom is -0.390 e. The summed E-state index contributed by atoms with van der Waals surface area (Å²) in [4.78, 5) is 4.74. The van der Waals surface area contributed by atoms with Gasteiger partial charge in [0, 0.05) is 38.6 Å². The third-order valence-electron chi connectivity index (χ3n) is 4.99. The summed E-state index contributed by atoms with van der Waals surface area (Å²) in [7, 11) is 0. The van der Waals surface area contributed by atoms with E-state index >= 15 is 0 Å². The maximum Gasteiger partial charge on any atom is 0.0898 e. The smallest absolute Gasteiger partial charge is 0.0898 e. The summed E-state index contributed by atoms with van der Waals surface area (Å²) in [6.07, 6.45) is 6.17. The van der Waals surface area contributed by atoms with Crippen molar-refractivity contribution in [1.82, 2.24) is 19.6 Å².